The maximum Gasteiger partial charge on any atom is 0.323 e. The summed E-state index contributed by atoms with van der Waals surface area (Å²) in [5.41, 5.74) is 6.74. The first kappa shape index (κ1) is 14.5. The number of hydrogen-bond donors (Lipinski definition) is 3. The number of rotatable bonds is 4. The van der Waals surface area contributed by atoms with Gasteiger partial charge in [-0.3, -0.25) is 4.79 Å². The fraction of sp³-hybridized carbons (Fsp3) is 0.0667. The van der Waals surface area contributed by atoms with Crippen molar-refractivity contribution in [2.24, 2.45) is 5.73 Å². The summed E-state index contributed by atoms with van der Waals surface area (Å²) in [5.74, 6) is -0.865. The number of para-hydroxylation sites is 1. The molecular formula is C15H14FN3O2. The lowest BCUT2D eigenvalue weighted by atomic mass is 10.1. The molecule has 0 spiro atoms. The maximum atomic E-state index is 12.8. The van der Waals surface area contributed by atoms with Crippen molar-refractivity contribution in [3.63, 3.8) is 0 Å². The van der Waals surface area contributed by atoms with Crippen molar-refractivity contribution in [3.8, 4) is 0 Å². The Bertz CT molecular complexity index is 656. The molecule has 0 aliphatic heterocycles. The molecule has 0 bridgehead atoms. The number of amides is 3. The van der Waals surface area contributed by atoms with Crippen LogP contribution in [-0.2, 0) is 11.2 Å². The lowest BCUT2D eigenvalue weighted by Gasteiger charge is -2.11. The monoisotopic (exact) mass is 287 g/mol. The van der Waals surface area contributed by atoms with Crippen LogP contribution < -0.4 is 16.4 Å². The zero-order chi connectivity index (χ0) is 15.2. The van der Waals surface area contributed by atoms with Gasteiger partial charge in [0.1, 0.15) is 5.82 Å². The van der Waals surface area contributed by atoms with Crippen molar-refractivity contribution in [2.45, 2.75) is 6.42 Å². The van der Waals surface area contributed by atoms with Gasteiger partial charge in [-0.15, -0.1) is 0 Å². The third kappa shape index (κ3) is 4.31. The molecule has 0 saturated carbocycles. The Morgan fingerprint density at radius 3 is 2.33 bits per heavy atom. The molecule has 2 rings (SSSR count). The number of carbonyl (C=O) groups excluding carboxylic acids is 2. The summed E-state index contributed by atoms with van der Waals surface area (Å²) in [5, 5.41) is 5.19. The Balaban J connectivity index is 2.05. The minimum Gasteiger partial charge on any atom is -0.369 e. The zero-order valence-corrected chi connectivity index (χ0v) is 11.1. The molecule has 0 aromatic heterocycles. The smallest absolute Gasteiger partial charge is 0.323 e. The molecule has 0 unspecified atom stereocenters. The first-order valence-corrected chi connectivity index (χ1v) is 6.24. The molecule has 21 heavy (non-hydrogen) atoms. The number of benzene rings is 2. The number of nitrogens with two attached hydrogens (primary N) is 1. The molecule has 6 heteroatoms. The van der Waals surface area contributed by atoms with Gasteiger partial charge >= 0.3 is 6.03 Å². The molecule has 3 amide bonds. The van der Waals surface area contributed by atoms with Crippen molar-refractivity contribution in [1.82, 2.24) is 0 Å². The summed E-state index contributed by atoms with van der Waals surface area (Å²) in [6.45, 7) is 0. The summed E-state index contributed by atoms with van der Waals surface area (Å²) in [7, 11) is 0. The average molecular weight is 287 g/mol. The Labute approximate surface area is 121 Å². The van der Waals surface area contributed by atoms with E-state index in [2.05, 4.69) is 10.6 Å². The molecule has 2 aromatic rings. The average Bonchev–Trinajstić information content (AvgIpc) is 2.43. The Morgan fingerprint density at radius 1 is 1.00 bits per heavy atom. The molecule has 0 radical (unpaired) electrons. The van der Waals surface area contributed by atoms with E-state index >= 15 is 0 Å². The lowest BCUT2D eigenvalue weighted by molar-refractivity contribution is -0.117. The van der Waals surface area contributed by atoms with E-state index in [4.69, 9.17) is 5.73 Å². The zero-order valence-electron chi connectivity index (χ0n) is 11.1. The highest BCUT2D eigenvalue weighted by molar-refractivity contribution is 6.00. The van der Waals surface area contributed by atoms with E-state index in [1.165, 1.54) is 24.3 Å². The Hall–Kier alpha value is -2.89. The first-order chi connectivity index (χ1) is 10.0. The number of primary amides is 1. The van der Waals surface area contributed by atoms with Crippen molar-refractivity contribution >= 4 is 23.3 Å². The second-order valence-electron chi connectivity index (χ2n) is 4.39. The van der Waals surface area contributed by atoms with Crippen LogP contribution in [0, 0.1) is 5.82 Å². The van der Waals surface area contributed by atoms with Gasteiger partial charge in [-0.1, -0.05) is 18.2 Å². The number of halogens is 1. The highest BCUT2D eigenvalue weighted by Gasteiger charge is 2.08. The van der Waals surface area contributed by atoms with Crippen molar-refractivity contribution in [1.29, 1.82) is 0 Å². The molecule has 2 aromatic carbocycles. The molecule has 0 saturated heterocycles. The van der Waals surface area contributed by atoms with Gasteiger partial charge in [-0.2, -0.15) is 0 Å². The number of hydrogen-bond acceptors (Lipinski definition) is 2. The molecule has 4 N–H and O–H groups in total. The van der Waals surface area contributed by atoms with E-state index in [0.29, 0.717) is 16.9 Å². The van der Waals surface area contributed by atoms with Crippen LogP contribution >= 0.6 is 0 Å². The van der Waals surface area contributed by atoms with E-state index in [9.17, 15) is 14.0 Å². The fourth-order valence-corrected chi connectivity index (χ4v) is 1.80. The number of carbonyl (C=O) groups is 2. The first-order valence-electron chi connectivity index (χ1n) is 6.24. The molecule has 5 nitrogen and oxygen atoms in total. The van der Waals surface area contributed by atoms with Gasteiger partial charge < -0.3 is 16.4 Å². The minimum absolute atomic E-state index is 0.0347. The summed E-state index contributed by atoms with van der Waals surface area (Å²) in [4.78, 5) is 22.9. The van der Waals surface area contributed by atoms with Crippen molar-refractivity contribution < 1.29 is 14.0 Å². The van der Waals surface area contributed by atoms with Crippen LogP contribution in [-0.4, -0.2) is 11.9 Å². The van der Waals surface area contributed by atoms with Gasteiger partial charge in [-0.25, -0.2) is 9.18 Å². The molecule has 0 fully saturated rings. The quantitative estimate of drug-likeness (QED) is 0.807. The predicted octanol–water partition coefficient (Wildman–Crippen LogP) is 2.50. The van der Waals surface area contributed by atoms with Crippen molar-refractivity contribution in [3.05, 3.63) is 59.9 Å². The number of urea groups is 1. The van der Waals surface area contributed by atoms with Crippen LogP contribution in [0.4, 0.5) is 20.6 Å². The van der Waals surface area contributed by atoms with Crippen LogP contribution in [0.5, 0.6) is 0 Å². The minimum atomic E-state index is -0.487. The SMILES string of the molecule is NC(=O)Cc1ccccc1NC(=O)Nc1ccc(F)cc1. The van der Waals surface area contributed by atoms with Gasteiger partial charge in [0, 0.05) is 11.4 Å². The predicted molar refractivity (Wildman–Crippen MR) is 78.4 cm³/mol. The van der Waals surface area contributed by atoms with Gasteiger partial charge in [-0.05, 0) is 35.9 Å². The lowest BCUT2D eigenvalue weighted by Crippen LogP contribution is -2.21. The second kappa shape index (κ2) is 6.51. The van der Waals surface area contributed by atoms with Crippen LogP contribution in [0.1, 0.15) is 5.56 Å². The summed E-state index contributed by atoms with van der Waals surface area (Å²) < 4.78 is 12.8. The van der Waals surface area contributed by atoms with E-state index in [0.717, 1.165) is 0 Å². The van der Waals surface area contributed by atoms with Gasteiger partial charge in [0.2, 0.25) is 5.91 Å². The second-order valence-corrected chi connectivity index (χ2v) is 4.39. The van der Waals surface area contributed by atoms with Crippen LogP contribution in [0.2, 0.25) is 0 Å². The van der Waals surface area contributed by atoms with Crippen molar-refractivity contribution in [2.75, 3.05) is 10.6 Å². The highest BCUT2D eigenvalue weighted by Crippen LogP contribution is 2.16. The maximum absolute atomic E-state index is 12.8. The van der Waals surface area contributed by atoms with Crippen LogP contribution in [0.25, 0.3) is 0 Å². The summed E-state index contributed by atoms with van der Waals surface area (Å²) >= 11 is 0. The molecule has 108 valence electrons. The third-order valence-electron chi connectivity index (χ3n) is 2.73. The summed E-state index contributed by atoms with van der Waals surface area (Å²) in [6.07, 6.45) is 0.0347. The highest BCUT2D eigenvalue weighted by atomic mass is 19.1. The van der Waals surface area contributed by atoms with E-state index in [-0.39, 0.29) is 12.2 Å². The molecule has 0 heterocycles. The molecule has 0 aliphatic carbocycles. The van der Waals surface area contributed by atoms with E-state index < -0.39 is 11.9 Å². The largest absolute Gasteiger partial charge is 0.369 e. The fourth-order valence-electron chi connectivity index (χ4n) is 1.80. The number of nitrogens with one attached hydrogen (secondary N) is 2. The normalized spacial score (nSPS) is 9.95. The third-order valence-corrected chi connectivity index (χ3v) is 2.73. The number of anilines is 2. The standard InChI is InChI=1S/C15H14FN3O2/c16-11-5-7-12(8-6-11)18-15(21)19-13-4-2-1-3-10(13)9-14(17)20/h1-8H,9H2,(H2,17,20)(H2,18,19,21). The molecule has 0 atom stereocenters. The molecule has 0 aliphatic rings. The van der Waals surface area contributed by atoms with Crippen LogP contribution in [0.15, 0.2) is 48.5 Å². The molecular weight excluding hydrogens is 273 g/mol. The van der Waals surface area contributed by atoms with E-state index in [1.807, 2.05) is 0 Å². The Kier molecular flexibility index (Phi) is 4.50. The van der Waals surface area contributed by atoms with Gasteiger partial charge in [0.15, 0.2) is 0 Å². The summed E-state index contributed by atoms with van der Waals surface area (Å²) in [6, 6.07) is 11.8. The Morgan fingerprint density at radius 2 is 1.67 bits per heavy atom. The van der Waals surface area contributed by atoms with Crippen LogP contribution in [0.3, 0.4) is 0 Å². The van der Waals surface area contributed by atoms with Gasteiger partial charge in [0.25, 0.3) is 0 Å². The van der Waals surface area contributed by atoms with Gasteiger partial charge in [0.05, 0.1) is 6.42 Å². The van der Waals surface area contributed by atoms with E-state index in [1.54, 1.807) is 24.3 Å². The topological polar surface area (TPSA) is 84.2 Å².